The van der Waals surface area contributed by atoms with Crippen LogP contribution >= 0.6 is 24.0 Å². The summed E-state index contributed by atoms with van der Waals surface area (Å²) in [5, 5.41) is 4.92. The van der Waals surface area contributed by atoms with Crippen LogP contribution < -0.4 is 4.74 Å². The van der Waals surface area contributed by atoms with Gasteiger partial charge in [-0.3, -0.25) is 9.69 Å². The number of carbonyl (C=O) groups excluding carboxylic acids is 1. The molecule has 1 aromatic heterocycles. The van der Waals surface area contributed by atoms with Gasteiger partial charge in [-0.15, -0.1) is 0 Å². The molecule has 0 spiro atoms. The minimum atomic E-state index is -0.275. The molecule has 1 saturated carbocycles. The zero-order valence-corrected chi connectivity index (χ0v) is 23.5. The van der Waals surface area contributed by atoms with Crippen LogP contribution in [0.4, 0.5) is 4.39 Å². The van der Waals surface area contributed by atoms with E-state index in [4.69, 9.17) is 22.1 Å². The van der Waals surface area contributed by atoms with Gasteiger partial charge < -0.3 is 4.74 Å². The Labute approximate surface area is 242 Å². The van der Waals surface area contributed by atoms with Crippen LogP contribution in [0.5, 0.6) is 5.75 Å². The smallest absolute Gasteiger partial charge is 0.266 e. The van der Waals surface area contributed by atoms with Gasteiger partial charge in [0.1, 0.15) is 28.2 Å². The SMILES string of the molecule is O=C1C(=Cc2cn(-c3ccccc3)nc2-c2cccc(OCc3ccc(F)cc3)c2)SC(=S)N1C1CCCCC1. The summed E-state index contributed by atoms with van der Waals surface area (Å²) in [6, 6.07) is 24.1. The molecule has 2 aliphatic rings. The van der Waals surface area contributed by atoms with E-state index in [0.717, 1.165) is 53.8 Å². The lowest BCUT2D eigenvalue weighted by Gasteiger charge is -2.29. The molecule has 0 unspecified atom stereocenters. The maximum Gasteiger partial charge on any atom is 0.266 e. The second kappa shape index (κ2) is 11.8. The number of hydrogen-bond acceptors (Lipinski definition) is 5. The molecule has 8 heteroatoms. The Hall–Kier alpha value is -3.75. The number of rotatable bonds is 7. The first-order valence-electron chi connectivity index (χ1n) is 13.4. The van der Waals surface area contributed by atoms with Gasteiger partial charge >= 0.3 is 0 Å². The first kappa shape index (κ1) is 26.5. The second-order valence-electron chi connectivity index (χ2n) is 10.00. The van der Waals surface area contributed by atoms with Crippen molar-refractivity contribution in [1.29, 1.82) is 0 Å². The highest BCUT2D eigenvalue weighted by molar-refractivity contribution is 8.26. The standard InChI is InChI=1S/C32H28FN3O2S2/c33-25-16-14-22(15-17-25)21-38-28-13-7-8-23(18-28)30-24(20-35(34-30)26-9-3-1-4-10-26)19-29-31(37)36(32(39)40-29)27-11-5-2-6-12-27/h1,3-4,7-10,13-20,27H,2,5-6,11-12,21H2. The quantitative estimate of drug-likeness (QED) is 0.168. The summed E-state index contributed by atoms with van der Waals surface area (Å²) in [5.41, 5.74) is 4.21. The second-order valence-corrected chi connectivity index (χ2v) is 11.7. The van der Waals surface area contributed by atoms with Gasteiger partial charge in [0.25, 0.3) is 5.91 Å². The predicted octanol–water partition coefficient (Wildman–Crippen LogP) is 7.79. The minimum Gasteiger partial charge on any atom is -0.489 e. The lowest BCUT2D eigenvalue weighted by Crippen LogP contribution is -2.39. The van der Waals surface area contributed by atoms with E-state index in [1.165, 1.54) is 30.3 Å². The van der Waals surface area contributed by atoms with E-state index in [0.29, 0.717) is 21.6 Å². The lowest BCUT2D eigenvalue weighted by molar-refractivity contribution is -0.124. The number of para-hydroxylation sites is 1. The summed E-state index contributed by atoms with van der Waals surface area (Å²) in [7, 11) is 0. The Morgan fingerprint density at radius 2 is 1.77 bits per heavy atom. The first-order valence-corrected chi connectivity index (χ1v) is 14.7. The van der Waals surface area contributed by atoms with Crippen molar-refractivity contribution in [3.05, 3.63) is 107 Å². The highest BCUT2D eigenvalue weighted by Crippen LogP contribution is 2.38. The van der Waals surface area contributed by atoms with Crippen LogP contribution in [0.2, 0.25) is 0 Å². The molecule has 6 rings (SSSR count). The summed E-state index contributed by atoms with van der Waals surface area (Å²) in [4.78, 5) is 16.0. The number of aromatic nitrogens is 2. The average molecular weight is 570 g/mol. The minimum absolute atomic E-state index is 0.0170. The summed E-state index contributed by atoms with van der Waals surface area (Å²) < 4.78 is 21.8. The molecule has 4 aromatic rings. The normalized spacial score (nSPS) is 17.1. The maximum absolute atomic E-state index is 13.5. The molecule has 40 heavy (non-hydrogen) atoms. The van der Waals surface area contributed by atoms with E-state index in [9.17, 15) is 9.18 Å². The molecule has 1 saturated heterocycles. The fraction of sp³-hybridized carbons (Fsp3) is 0.219. The predicted molar refractivity (Wildman–Crippen MR) is 162 cm³/mol. The Balaban J connectivity index is 1.32. The van der Waals surface area contributed by atoms with Gasteiger partial charge in [0.2, 0.25) is 0 Å². The fourth-order valence-corrected chi connectivity index (χ4v) is 6.58. The summed E-state index contributed by atoms with van der Waals surface area (Å²) >= 11 is 7.03. The van der Waals surface area contributed by atoms with Gasteiger partial charge in [-0.2, -0.15) is 5.10 Å². The molecule has 1 aliphatic carbocycles. The summed E-state index contributed by atoms with van der Waals surface area (Å²) in [6.45, 7) is 0.318. The number of hydrogen-bond donors (Lipinski definition) is 0. The summed E-state index contributed by atoms with van der Waals surface area (Å²) in [5.74, 6) is 0.380. The number of halogens is 1. The molecular weight excluding hydrogens is 542 g/mol. The van der Waals surface area contributed by atoms with Gasteiger partial charge in [0, 0.05) is 23.4 Å². The molecule has 0 bridgehead atoms. The number of ether oxygens (including phenoxy) is 1. The third-order valence-corrected chi connectivity index (χ3v) is 8.57. The number of amides is 1. The first-order chi connectivity index (χ1) is 19.5. The van der Waals surface area contributed by atoms with Gasteiger partial charge in [-0.1, -0.05) is 85.7 Å². The van der Waals surface area contributed by atoms with Crippen molar-refractivity contribution in [2.24, 2.45) is 0 Å². The van der Waals surface area contributed by atoms with Crippen LogP contribution in [-0.2, 0) is 11.4 Å². The third kappa shape index (κ3) is 5.74. The van der Waals surface area contributed by atoms with Gasteiger partial charge in [0.15, 0.2) is 0 Å². The number of nitrogens with zero attached hydrogens (tertiary/aromatic N) is 3. The van der Waals surface area contributed by atoms with E-state index in [1.807, 2.05) is 76.5 Å². The Kier molecular flexibility index (Phi) is 7.80. The molecule has 202 valence electrons. The van der Waals surface area contributed by atoms with Crippen molar-refractivity contribution >= 4 is 40.3 Å². The molecule has 0 N–H and O–H groups in total. The zero-order valence-electron chi connectivity index (χ0n) is 21.8. The van der Waals surface area contributed by atoms with Crippen LogP contribution in [0.1, 0.15) is 43.2 Å². The average Bonchev–Trinajstić information content (AvgIpc) is 3.53. The van der Waals surface area contributed by atoms with E-state index >= 15 is 0 Å². The van der Waals surface area contributed by atoms with Crippen LogP contribution in [0.15, 0.2) is 90.0 Å². The van der Waals surface area contributed by atoms with Gasteiger partial charge in [-0.05, 0) is 60.9 Å². The van der Waals surface area contributed by atoms with Gasteiger partial charge in [-0.25, -0.2) is 9.07 Å². The van der Waals surface area contributed by atoms with Crippen molar-refractivity contribution in [3.63, 3.8) is 0 Å². The van der Waals surface area contributed by atoms with Crippen molar-refractivity contribution in [3.8, 4) is 22.7 Å². The van der Waals surface area contributed by atoms with Gasteiger partial charge in [0.05, 0.1) is 10.6 Å². The van der Waals surface area contributed by atoms with Crippen LogP contribution in [0, 0.1) is 5.82 Å². The monoisotopic (exact) mass is 569 g/mol. The van der Waals surface area contributed by atoms with Crippen molar-refractivity contribution < 1.29 is 13.9 Å². The van der Waals surface area contributed by atoms with Crippen molar-refractivity contribution in [1.82, 2.24) is 14.7 Å². The van der Waals surface area contributed by atoms with E-state index in [2.05, 4.69) is 0 Å². The third-order valence-electron chi connectivity index (χ3n) is 7.24. The molecular formula is C32H28FN3O2S2. The van der Waals surface area contributed by atoms with Crippen molar-refractivity contribution in [2.75, 3.05) is 0 Å². The highest BCUT2D eigenvalue weighted by Gasteiger charge is 2.37. The number of thiocarbonyl (C=S) groups is 1. The van der Waals surface area contributed by atoms with E-state index in [1.54, 1.807) is 12.1 Å². The summed E-state index contributed by atoms with van der Waals surface area (Å²) in [6.07, 6.45) is 9.35. The molecule has 0 atom stereocenters. The molecule has 2 fully saturated rings. The molecule has 1 aliphatic heterocycles. The molecule has 5 nitrogen and oxygen atoms in total. The number of thioether (sulfide) groups is 1. The van der Waals surface area contributed by atoms with Crippen molar-refractivity contribution in [2.45, 2.75) is 44.8 Å². The zero-order chi connectivity index (χ0) is 27.5. The Bertz CT molecular complexity index is 1560. The highest BCUT2D eigenvalue weighted by atomic mass is 32.2. The Morgan fingerprint density at radius 1 is 1.00 bits per heavy atom. The molecule has 0 radical (unpaired) electrons. The molecule has 3 aromatic carbocycles. The molecule has 1 amide bonds. The van der Waals surface area contributed by atoms with Crippen LogP contribution in [-0.4, -0.2) is 30.9 Å². The van der Waals surface area contributed by atoms with Crippen LogP contribution in [0.25, 0.3) is 23.0 Å². The largest absolute Gasteiger partial charge is 0.489 e. The number of carbonyl (C=O) groups is 1. The lowest BCUT2D eigenvalue weighted by atomic mass is 9.94. The fourth-order valence-electron chi connectivity index (χ4n) is 5.19. The topological polar surface area (TPSA) is 47.4 Å². The Morgan fingerprint density at radius 3 is 2.55 bits per heavy atom. The van der Waals surface area contributed by atoms with E-state index in [-0.39, 0.29) is 17.8 Å². The maximum atomic E-state index is 13.5. The number of benzene rings is 3. The van der Waals surface area contributed by atoms with E-state index < -0.39 is 0 Å². The molecule has 2 heterocycles. The van der Waals surface area contributed by atoms with Crippen LogP contribution in [0.3, 0.4) is 0 Å².